The number of nitrogens with zero attached hydrogens (tertiary/aromatic N) is 1. The number of halogens is 3. The van der Waals surface area contributed by atoms with Gasteiger partial charge >= 0.3 is 0 Å². The molecule has 2 aliphatic carbocycles. The number of benzene rings is 2. The maximum atomic E-state index is 13.7. The Kier molecular flexibility index (Phi) is 9.09. The Bertz CT molecular complexity index is 1320. The first kappa shape index (κ1) is 28.5. The van der Waals surface area contributed by atoms with Crippen LogP contribution in [-0.4, -0.2) is 11.9 Å². The highest BCUT2D eigenvalue weighted by molar-refractivity contribution is 6.35. The maximum absolute atomic E-state index is 13.7. The van der Waals surface area contributed by atoms with Crippen LogP contribution in [0.3, 0.4) is 0 Å². The van der Waals surface area contributed by atoms with E-state index in [1.54, 1.807) is 6.07 Å². The number of amides is 1. The van der Waals surface area contributed by atoms with Crippen molar-refractivity contribution in [2.24, 2.45) is 11.3 Å². The molecule has 0 radical (unpaired) electrons. The van der Waals surface area contributed by atoms with E-state index in [0.717, 1.165) is 36.0 Å². The third-order valence-corrected chi connectivity index (χ3v) is 8.94. The van der Waals surface area contributed by atoms with E-state index in [9.17, 15) is 10.1 Å². The highest BCUT2D eigenvalue weighted by Gasteiger charge is 2.60. The third-order valence-electron chi connectivity index (χ3n) is 8.13. The molecule has 1 saturated carbocycles. The van der Waals surface area contributed by atoms with Crippen molar-refractivity contribution in [3.63, 3.8) is 0 Å². The molecule has 38 heavy (non-hydrogen) atoms. The first-order valence-electron chi connectivity index (χ1n) is 13.3. The highest BCUT2D eigenvalue weighted by atomic mass is 35.5. The third kappa shape index (κ3) is 5.46. The van der Waals surface area contributed by atoms with E-state index in [1.165, 1.54) is 0 Å². The summed E-state index contributed by atoms with van der Waals surface area (Å²) in [4.78, 5) is 13.7. The number of nitrogens with one attached hydrogen (secondary N) is 1. The number of nitriles is 1. The lowest BCUT2D eigenvalue weighted by Gasteiger charge is -2.48. The summed E-state index contributed by atoms with van der Waals surface area (Å²) in [6, 6.07) is 16.0. The van der Waals surface area contributed by atoms with Crippen molar-refractivity contribution < 1.29 is 4.79 Å². The smallest absolute Gasteiger partial charge is 0.227 e. The Balaban J connectivity index is 0.00000164. The Hall–Kier alpha value is -2.51. The van der Waals surface area contributed by atoms with E-state index in [-0.39, 0.29) is 29.7 Å². The lowest BCUT2D eigenvalue weighted by Crippen LogP contribution is -2.44. The average molecular weight is 568 g/mol. The summed E-state index contributed by atoms with van der Waals surface area (Å²) in [7, 11) is 0. The summed E-state index contributed by atoms with van der Waals surface area (Å²) in [5, 5.41) is 14.8. The van der Waals surface area contributed by atoms with Crippen molar-refractivity contribution in [1.29, 1.82) is 5.26 Å². The monoisotopic (exact) mass is 566 g/mol. The summed E-state index contributed by atoms with van der Waals surface area (Å²) >= 11 is 19.2. The van der Waals surface area contributed by atoms with Crippen LogP contribution in [0.25, 0.3) is 0 Å². The van der Waals surface area contributed by atoms with Gasteiger partial charge in [0.15, 0.2) is 0 Å². The van der Waals surface area contributed by atoms with Gasteiger partial charge in [-0.15, -0.1) is 0 Å². The molecule has 1 heterocycles. The van der Waals surface area contributed by atoms with Crippen LogP contribution in [0, 0.1) is 22.7 Å². The van der Waals surface area contributed by atoms with Crippen LogP contribution in [0.5, 0.6) is 0 Å². The first-order chi connectivity index (χ1) is 18.3. The van der Waals surface area contributed by atoms with Gasteiger partial charge in [0.2, 0.25) is 5.91 Å². The molecule has 0 aromatic heterocycles. The first-order valence-corrected chi connectivity index (χ1v) is 14.4. The summed E-state index contributed by atoms with van der Waals surface area (Å²) in [5.74, 6) is 0.309. The molecule has 3 aliphatic rings. The fourth-order valence-corrected chi connectivity index (χ4v) is 7.36. The zero-order valence-electron chi connectivity index (χ0n) is 22.0. The van der Waals surface area contributed by atoms with Crippen molar-refractivity contribution in [2.45, 2.75) is 64.3 Å². The van der Waals surface area contributed by atoms with Gasteiger partial charge in [0.1, 0.15) is 0 Å². The molecule has 5 atom stereocenters. The number of fused-ring (bicyclic) bond motifs is 1. The van der Waals surface area contributed by atoms with Crippen molar-refractivity contribution in [2.75, 3.05) is 0 Å². The number of rotatable bonds is 4. The van der Waals surface area contributed by atoms with Crippen molar-refractivity contribution >= 4 is 40.7 Å². The molecule has 1 N–H and O–H groups in total. The number of hydrogen-bond donors (Lipinski definition) is 1. The highest BCUT2D eigenvalue weighted by Crippen LogP contribution is 2.61. The largest absolute Gasteiger partial charge is 0.353 e. The van der Waals surface area contributed by atoms with Gasteiger partial charge in [-0.2, -0.15) is 5.26 Å². The van der Waals surface area contributed by atoms with Gasteiger partial charge in [-0.3, -0.25) is 4.79 Å². The Morgan fingerprint density at radius 1 is 1.08 bits per heavy atom. The molecule has 5 rings (SSSR count). The van der Waals surface area contributed by atoms with E-state index in [0.29, 0.717) is 27.1 Å². The van der Waals surface area contributed by atoms with Gasteiger partial charge in [0, 0.05) is 27.0 Å². The van der Waals surface area contributed by atoms with Crippen LogP contribution >= 0.6 is 34.8 Å². The Labute approximate surface area is 241 Å². The second-order valence-corrected chi connectivity index (χ2v) is 11.4. The van der Waals surface area contributed by atoms with Gasteiger partial charge in [0.25, 0.3) is 0 Å². The molecule has 198 valence electrons. The normalized spacial score (nSPS) is 28.1. The average Bonchev–Trinajstić information content (AvgIpc) is 3.03. The lowest BCUT2D eigenvalue weighted by molar-refractivity contribution is -0.131. The summed E-state index contributed by atoms with van der Waals surface area (Å²) in [5.41, 5.74) is 3.30. The molecule has 6 heteroatoms. The van der Waals surface area contributed by atoms with Gasteiger partial charge in [-0.25, -0.2) is 0 Å². The van der Waals surface area contributed by atoms with Gasteiger partial charge in [-0.05, 0) is 97.6 Å². The topological polar surface area (TPSA) is 52.9 Å². The van der Waals surface area contributed by atoms with Crippen LogP contribution in [0.4, 0.5) is 0 Å². The van der Waals surface area contributed by atoms with Gasteiger partial charge < -0.3 is 5.32 Å². The van der Waals surface area contributed by atoms with Crippen LogP contribution in [0.1, 0.15) is 69.4 Å². The second kappa shape index (κ2) is 12.1. The van der Waals surface area contributed by atoms with Crippen molar-refractivity contribution in [3.8, 4) is 6.07 Å². The Morgan fingerprint density at radius 2 is 1.79 bits per heavy atom. The SMILES string of the molecule is CC.CC1NC(=O)C2(CC3=CCC=CC(C#N)=C3)CCC(c3ccc(Cl)cc3Cl)C(c3ccc(Cl)cc3)C12. The molecule has 3 nitrogen and oxygen atoms in total. The predicted octanol–water partition coefficient (Wildman–Crippen LogP) is 9.18. The molecule has 1 aliphatic heterocycles. The summed E-state index contributed by atoms with van der Waals surface area (Å²) < 4.78 is 0. The summed E-state index contributed by atoms with van der Waals surface area (Å²) in [6.45, 7) is 6.11. The standard InChI is InChI=1S/C30H27Cl3N2O.C2H6/c1-18-28-27(21-6-8-22(31)9-7-21)25(24-11-10-23(32)15-26(24)33)12-13-30(28,29(36)35-18)16-19-4-2-3-5-20(14-19)17-34;1-2/h3-11,14-15,18,25,27-28H,2,12-13,16H2,1H3,(H,35,36);1-2H3. The number of hydrogen-bond acceptors (Lipinski definition) is 2. The van der Waals surface area contributed by atoms with E-state index < -0.39 is 5.41 Å². The van der Waals surface area contributed by atoms with Gasteiger partial charge in [0.05, 0.1) is 17.1 Å². The maximum Gasteiger partial charge on any atom is 0.227 e. The van der Waals surface area contributed by atoms with Crippen molar-refractivity contribution in [3.05, 3.63) is 104 Å². The molecular formula is C32H33Cl3N2O. The zero-order valence-corrected chi connectivity index (χ0v) is 24.2. The zero-order chi connectivity index (χ0) is 27.4. The second-order valence-electron chi connectivity index (χ2n) is 10.1. The van der Waals surface area contributed by atoms with Crippen LogP contribution in [-0.2, 0) is 4.79 Å². The molecule has 2 fully saturated rings. The molecule has 2 aromatic rings. The molecular weight excluding hydrogens is 535 g/mol. The molecule has 0 spiro atoms. The molecule has 1 amide bonds. The molecule has 1 saturated heterocycles. The number of carbonyl (C=O) groups is 1. The molecule has 0 bridgehead atoms. The number of carbonyl (C=O) groups excluding carboxylic acids is 1. The minimum Gasteiger partial charge on any atom is -0.353 e. The van der Waals surface area contributed by atoms with Crippen LogP contribution < -0.4 is 5.32 Å². The van der Waals surface area contributed by atoms with Crippen molar-refractivity contribution in [1.82, 2.24) is 5.32 Å². The molecule has 5 unspecified atom stereocenters. The minimum absolute atomic E-state index is 0.0176. The summed E-state index contributed by atoms with van der Waals surface area (Å²) in [6.07, 6.45) is 10.8. The predicted molar refractivity (Wildman–Crippen MR) is 158 cm³/mol. The fourth-order valence-electron chi connectivity index (χ4n) is 6.69. The number of allylic oxidation sites excluding steroid dienone is 6. The van der Waals surface area contributed by atoms with E-state index in [4.69, 9.17) is 34.8 Å². The fraction of sp³-hybridized carbons (Fsp3) is 0.375. The van der Waals surface area contributed by atoms with E-state index >= 15 is 0 Å². The molecule has 2 aromatic carbocycles. The van der Waals surface area contributed by atoms with Gasteiger partial charge in [-0.1, -0.05) is 79.0 Å². The van der Waals surface area contributed by atoms with Crippen LogP contribution in [0.2, 0.25) is 15.1 Å². The van der Waals surface area contributed by atoms with E-state index in [2.05, 4.69) is 36.5 Å². The quantitative estimate of drug-likeness (QED) is 0.400. The Morgan fingerprint density at radius 3 is 2.47 bits per heavy atom. The van der Waals surface area contributed by atoms with E-state index in [1.807, 2.05) is 56.3 Å². The lowest BCUT2D eigenvalue weighted by atomic mass is 9.53. The van der Waals surface area contributed by atoms with Crippen LogP contribution in [0.15, 0.2) is 77.9 Å². The minimum atomic E-state index is -0.577.